The first-order valence-corrected chi connectivity index (χ1v) is 7.63. The predicted molar refractivity (Wildman–Crippen MR) is 74.5 cm³/mol. The molecule has 1 aliphatic carbocycles. The molecular weight excluding hydrogens is 256 g/mol. The van der Waals surface area contributed by atoms with Crippen molar-refractivity contribution in [3.05, 3.63) is 11.7 Å². The van der Waals surface area contributed by atoms with Crippen LogP contribution in [0, 0.1) is 5.41 Å². The number of aromatic nitrogens is 2. The van der Waals surface area contributed by atoms with Crippen LogP contribution in [0.3, 0.4) is 0 Å². The fraction of sp³-hybridized carbons (Fsp3) is 0.800. The van der Waals surface area contributed by atoms with Gasteiger partial charge in [0, 0.05) is 12.3 Å². The quantitative estimate of drug-likeness (QED) is 0.835. The average Bonchev–Trinajstić information content (AvgIpc) is 2.75. The molecule has 1 fully saturated rings. The Morgan fingerprint density at radius 1 is 1.35 bits per heavy atom. The van der Waals surface area contributed by atoms with E-state index in [2.05, 4.69) is 17.1 Å². The van der Waals surface area contributed by atoms with E-state index in [9.17, 15) is 9.90 Å². The molecule has 1 atom stereocenters. The Labute approximate surface area is 119 Å². The lowest BCUT2D eigenvalue weighted by Gasteiger charge is -2.26. The summed E-state index contributed by atoms with van der Waals surface area (Å²) in [5.41, 5.74) is -0.713. The van der Waals surface area contributed by atoms with Crippen molar-refractivity contribution in [2.75, 3.05) is 0 Å². The summed E-state index contributed by atoms with van der Waals surface area (Å²) in [7, 11) is 0. The second kappa shape index (κ2) is 6.37. The second-order valence-electron chi connectivity index (χ2n) is 6.03. The molecule has 0 saturated heterocycles. The van der Waals surface area contributed by atoms with E-state index in [0.29, 0.717) is 31.0 Å². The lowest BCUT2D eigenvalue weighted by atomic mass is 9.77. The molecule has 112 valence electrons. The number of aliphatic carboxylic acids is 1. The van der Waals surface area contributed by atoms with Gasteiger partial charge in [0.25, 0.3) is 0 Å². The van der Waals surface area contributed by atoms with E-state index in [0.717, 1.165) is 32.1 Å². The van der Waals surface area contributed by atoms with Crippen molar-refractivity contribution in [2.24, 2.45) is 5.41 Å². The lowest BCUT2D eigenvalue weighted by Crippen LogP contribution is -2.33. The zero-order valence-corrected chi connectivity index (χ0v) is 12.4. The Bertz CT molecular complexity index is 448. The van der Waals surface area contributed by atoms with Gasteiger partial charge in [-0.05, 0) is 19.3 Å². The van der Waals surface area contributed by atoms with Gasteiger partial charge in [0.15, 0.2) is 5.82 Å². The number of hydrogen-bond acceptors (Lipinski definition) is 4. The summed E-state index contributed by atoms with van der Waals surface area (Å²) in [6, 6.07) is 0. The van der Waals surface area contributed by atoms with Crippen molar-refractivity contribution in [3.8, 4) is 0 Å². The normalized spacial score (nSPS) is 20.3. The van der Waals surface area contributed by atoms with Crippen LogP contribution in [0.5, 0.6) is 0 Å². The summed E-state index contributed by atoms with van der Waals surface area (Å²) >= 11 is 0. The summed E-state index contributed by atoms with van der Waals surface area (Å²) in [4.78, 5) is 16.1. The molecule has 0 aromatic carbocycles. The van der Waals surface area contributed by atoms with Gasteiger partial charge < -0.3 is 9.63 Å². The molecule has 5 nitrogen and oxygen atoms in total. The first-order valence-electron chi connectivity index (χ1n) is 7.63. The maximum absolute atomic E-state index is 11.7. The molecule has 0 aliphatic heterocycles. The monoisotopic (exact) mass is 280 g/mol. The van der Waals surface area contributed by atoms with Crippen molar-refractivity contribution in [3.63, 3.8) is 0 Å². The first kappa shape index (κ1) is 15.0. The number of carboxylic acid groups (broad SMARTS) is 1. The zero-order chi connectivity index (χ0) is 14.6. The van der Waals surface area contributed by atoms with E-state index in [1.807, 2.05) is 6.92 Å². The van der Waals surface area contributed by atoms with Crippen LogP contribution in [0.25, 0.3) is 0 Å². The molecule has 0 amide bonds. The van der Waals surface area contributed by atoms with E-state index in [1.54, 1.807) is 0 Å². The smallest absolute Gasteiger partial charge is 0.310 e. The van der Waals surface area contributed by atoms with Crippen LogP contribution in [0.15, 0.2) is 4.52 Å². The van der Waals surface area contributed by atoms with E-state index in [4.69, 9.17) is 4.52 Å². The maximum Gasteiger partial charge on any atom is 0.310 e. The topological polar surface area (TPSA) is 76.2 Å². The maximum atomic E-state index is 11.7. The van der Waals surface area contributed by atoms with Crippen molar-refractivity contribution >= 4 is 5.97 Å². The highest BCUT2D eigenvalue weighted by Crippen LogP contribution is 2.38. The fourth-order valence-corrected chi connectivity index (χ4v) is 2.88. The van der Waals surface area contributed by atoms with Crippen LogP contribution in [0.1, 0.15) is 76.4 Å². The third kappa shape index (κ3) is 3.19. The van der Waals surface area contributed by atoms with Crippen molar-refractivity contribution in [1.29, 1.82) is 0 Å². The third-order valence-electron chi connectivity index (χ3n) is 4.54. The summed E-state index contributed by atoms with van der Waals surface area (Å²) in [6.45, 7) is 4.12. The highest BCUT2D eigenvalue weighted by Gasteiger charge is 2.40. The molecule has 1 aliphatic rings. The Morgan fingerprint density at radius 3 is 2.55 bits per heavy atom. The van der Waals surface area contributed by atoms with Crippen molar-refractivity contribution in [1.82, 2.24) is 10.1 Å². The van der Waals surface area contributed by atoms with Crippen LogP contribution in [0.4, 0.5) is 0 Å². The van der Waals surface area contributed by atoms with Crippen LogP contribution in [-0.2, 0) is 11.2 Å². The van der Waals surface area contributed by atoms with Gasteiger partial charge in [-0.15, -0.1) is 0 Å². The average molecular weight is 280 g/mol. The van der Waals surface area contributed by atoms with Gasteiger partial charge in [0.2, 0.25) is 5.89 Å². The zero-order valence-electron chi connectivity index (χ0n) is 12.4. The minimum atomic E-state index is -0.720. The summed E-state index contributed by atoms with van der Waals surface area (Å²) in [6.07, 6.45) is 6.92. The molecule has 1 N–H and O–H groups in total. The van der Waals surface area contributed by atoms with E-state index >= 15 is 0 Å². The molecule has 20 heavy (non-hydrogen) atoms. The molecule has 0 spiro atoms. The number of nitrogens with zero attached hydrogens (tertiary/aromatic N) is 2. The lowest BCUT2D eigenvalue weighted by molar-refractivity contribution is -0.150. The van der Waals surface area contributed by atoms with Gasteiger partial charge in [-0.1, -0.05) is 44.7 Å². The van der Waals surface area contributed by atoms with Crippen LogP contribution in [0.2, 0.25) is 0 Å². The highest BCUT2D eigenvalue weighted by molar-refractivity contribution is 5.74. The van der Waals surface area contributed by atoms with Crippen molar-refractivity contribution < 1.29 is 14.4 Å². The van der Waals surface area contributed by atoms with Gasteiger partial charge in [0.1, 0.15) is 0 Å². The highest BCUT2D eigenvalue weighted by atomic mass is 16.5. The molecule has 1 aromatic heterocycles. The number of carboxylic acids is 1. The van der Waals surface area contributed by atoms with Gasteiger partial charge >= 0.3 is 5.97 Å². The number of hydrogen-bond donors (Lipinski definition) is 1. The Kier molecular flexibility index (Phi) is 4.78. The molecule has 0 radical (unpaired) electrons. The molecule has 5 heteroatoms. The second-order valence-corrected chi connectivity index (χ2v) is 6.03. The Morgan fingerprint density at radius 2 is 2.00 bits per heavy atom. The molecule has 1 aromatic rings. The predicted octanol–water partition coefficient (Wildman–Crippen LogP) is 3.55. The van der Waals surface area contributed by atoms with Crippen LogP contribution >= 0.6 is 0 Å². The Balaban J connectivity index is 2.15. The standard InChI is InChI=1S/C15H24N2O3/c1-3-11(2)13-16-12(20-17-13)10-15(14(18)19)8-6-4-5-7-9-15/h11H,3-10H2,1-2H3,(H,18,19). The first-order chi connectivity index (χ1) is 9.57. The van der Waals surface area contributed by atoms with Crippen molar-refractivity contribution in [2.45, 2.75) is 71.1 Å². The Hall–Kier alpha value is -1.39. The minimum absolute atomic E-state index is 0.252. The molecule has 0 bridgehead atoms. The third-order valence-corrected chi connectivity index (χ3v) is 4.54. The summed E-state index contributed by atoms with van der Waals surface area (Å²) in [5, 5.41) is 13.6. The van der Waals surface area contributed by atoms with Crippen LogP contribution in [-0.4, -0.2) is 21.2 Å². The number of rotatable bonds is 5. The van der Waals surface area contributed by atoms with Gasteiger partial charge in [-0.3, -0.25) is 4.79 Å². The molecule has 1 saturated carbocycles. The number of carbonyl (C=O) groups is 1. The van der Waals surface area contributed by atoms with E-state index < -0.39 is 11.4 Å². The van der Waals surface area contributed by atoms with Crippen LogP contribution < -0.4 is 0 Å². The van der Waals surface area contributed by atoms with Gasteiger partial charge in [-0.25, -0.2) is 0 Å². The molecular formula is C15H24N2O3. The molecule has 1 heterocycles. The largest absolute Gasteiger partial charge is 0.481 e. The fourth-order valence-electron chi connectivity index (χ4n) is 2.88. The van der Waals surface area contributed by atoms with Gasteiger partial charge in [-0.2, -0.15) is 4.98 Å². The molecule has 1 unspecified atom stereocenters. The summed E-state index contributed by atoms with van der Waals surface area (Å²) in [5.74, 6) is 0.700. The van der Waals surface area contributed by atoms with E-state index in [-0.39, 0.29) is 5.92 Å². The SMILES string of the molecule is CCC(C)c1noc(CC2(C(=O)O)CCCCCC2)n1. The minimum Gasteiger partial charge on any atom is -0.481 e. The van der Waals surface area contributed by atoms with E-state index in [1.165, 1.54) is 0 Å². The summed E-state index contributed by atoms with van der Waals surface area (Å²) < 4.78 is 5.28. The molecule has 2 rings (SSSR count). The van der Waals surface area contributed by atoms with Gasteiger partial charge in [0.05, 0.1) is 5.41 Å².